The number of aromatic nitrogens is 3. The quantitative estimate of drug-likeness (QED) is 0.102. The number of nitrogens with zero attached hydrogens (tertiary/aromatic N) is 4. The van der Waals surface area contributed by atoms with Crippen LogP contribution in [-0.4, -0.2) is 13.7 Å². The van der Waals surface area contributed by atoms with Gasteiger partial charge in [0.2, 0.25) is 0 Å². The van der Waals surface area contributed by atoms with Crippen molar-refractivity contribution in [2.75, 3.05) is 4.90 Å². The van der Waals surface area contributed by atoms with Gasteiger partial charge < -0.3 is 28.1 Å². The third-order valence-corrected chi connectivity index (χ3v) is 15.2. The minimum Gasteiger partial charge on any atom is -0.466 e. The van der Waals surface area contributed by atoms with E-state index in [9.17, 15) is 0 Å². The van der Waals surface area contributed by atoms with E-state index in [4.69, 9.17) is 9.47 Å². The van der Waals surface area contributed by atoms with Crippen molar-refractivity contribution < 1.29 is 9.47 Å². The number of hydrogen-bond acceptors (Lipinski definition) is 3. The summed E-state index contributed by atoms with van der Waals surface area (Å²) in [5, 5.41) is 7.37. The highest BCUT2D eigenvalue weighted by Crippen LogP contribution is 2.41. The molecule has 0 unspecified atom stereocenters. The maximum absolute atomic E-state index is 5.60. The fourth-order valence-electron chi connectivity index (χ4n) is 11.8. The van der Waals surface area contributed by atoms with Crippen LogP contribution < -0.4 is 14.4 Å². The van der Waals surface area contributed by atoms with Gasteiger partial charge in [0.05, 0.1) is 45.6 Å². The molecule has 0 bridgehead atoms. The first kappa shape index (κ1) is 46.2. The Morgan fingerprint density at radius 2 is 0.603 bits per heavy atom. The Bertz CT molecular complexity index is 4330. The van der Waals surface area contributed by atoms with Crippen LogP contribution in [0.1, 0.15) is 22.3 Å². The van der Waals surface area contributed by atoms with Crippen molar-refractivity contribution in [1.29, 1.82) is 0 Å². The second-order valence-electron chi connectivity index (χ2n) is 19.9. The lowest BCUT2D eigenvalue weighted by Crippen LogP contribution is -2.10. The van der Waals surface area contributed by atoms with E-state index >= 15 is 0 Å². The van der Waals surface area contributed by atoms with Gasteiger partial charge in [0.15, 0.2) is 0 Å². The molecule has 11 aromatic carbocycles. The smallest absolute Gasteiger partial charge is 0.126 e. The second kappa shape index (κ2) is 19.4. The SMILES string of the molecule is C=COc1cccc(Cc2ccc3c(c2)c2ccccc2n3-c2ccc(N(c3ccc(-n4c5ccccc5c5ccccc54)cc3)c3ccc(-n4c5ccccc5c5cc(Cc6cccc(OC=C)c6)ccc54)cc3)cc2)c1. The zero-order chi connectivity index (χ0) is 52.1. The van der Waals surface area contributed by atoms with Gasteiger partial charge in [-0.3, -0.25) is 0 Å². The molecule has 3 aromatic heterocycles. The zero-order valence-electron chi connectivity index (χ0n) is 42.8. The van der Waals surface area contributed by atoms with E-state index in [1.54, 1.807) is 0 Å². The third kappa shape index (κ3) is 8.15. The first-order chi connectivity index (χ1) is 38.6. The number of para-hydroxylation sites is 4. The van der Waals surface area contributed by atoms with Crippen LogP contribution in [0.5, 0.6) is 11.5 Å². The largest absolute Gasteiger partial charge is 0.466 e. The van der Waals surface area contributed by atoms with Gasteiger partial charge in [-0.15, -0.1) is 0 Å². The number of ether oxygens (including phenoxy) is 2. The molecule has 0 amide bonds. The van der Waals surface area contributed by atoms with Crippen molar-refractivity contribution in [3.05, 3.63) is 303 Å². The molecule has 6 heteroatoms. The molecule has 0 aliphatic heterocycles. The number of hydrogen-bond donors (Lipinski definition) is 0. The minimum absolute atomic E-state index is 0.790. The van der Waals surface area contributed by atoms with E-state index in [0.717, 1.165) is 80.5 Å². The van der Waals surface area contributed by atoms with Crippen LogP contribution in [0.2, 0.25) is 0 Å². The van der Waals surface area contributed by atoms with E-state index in [0.29, 0.717) is 0 Å². The Morgan fingerprint density at radius 1 is 0.295 bits per heavy atom. The van der Waals surface area contributed by atoms with Gasteiger partial charge in [0.1, 0.15) is 11.5 Å². The summed E-state index contributed by atoms with van der Waals surface area (Å²) in [5.74, 6) is 1.58. The summed E-state index contributed by atoms with van der Waals surface area (Å²) in [5.41, 5.74) is 18.3. The average Bonchev–Trinajstić information content (AvgIpc) is 4.30. The van der Waals surface area contributed by atoms with Gasteiger partial charge in [-0.1, -0.05) is 122 Å². The Balaban J connectivity index is 0.850. The van der Waals surface area contributed by atoms with E-state index in [2.05, 4.69) is 262 Å². The van der Waals surface area contributed by atoms with Crippen molar-refractivity contribution in [3.63, 3.8) is 0 Å². The van der Waals surface area contributed by atoms with Crippen LogP contribution >= 0.6 is 0 Å². The predicted molar refractivity (Wildman–Crippen MR) is 324 cm³/mol. The standard InChI is InChI=1S/C72H52N4O2/c1-3-77-59-17-13-15-49(45-59)43-51-27-41-71-65(47-51)63-21-7-11-25-69(63)75(71)57-37-31-54(32-38-57)73(53-29-35-56(36-30-53)74-67-23-9-5-19-61(67)62-20-6-10-24-68(62)74)55-33-39-58(40-34-55)76-70-26-12-8-22-64(70)66-48-52(28-42-72(66)76)44-50-16-14-18-60(46-50)78-4-2/h3-42,45-48H,1-2,43-44H2. The minimum atomic E-state index is 0.790. The molecule has 0 saturated heterocycles. The summed E-state index contributed by atoms with van der Waals surface area (Å²) in [4.78, 5) is 2.36. The molecule has 0 radical (unpaired) electrons. The molecule has 0 N–H and O–H groups in total. The van der Waals surface area contributed by atoms with Gasteiger partial charge in [-0.2, -0.15) is 0 Å². The molecule has 0 saturated carbocycles. The maximum atomic E-state index is 5.60. The molecule has 0 fully saturated rings. The lowest BCUT2D eigenvalue weighted by atomic mass is 10.0. The predicted octanol–water partition coefficient (Wildman–Crippen LogP) is 18.7. The highest BCUT2D eigenvalue weighted by atomic mass is 16.5. The van der Waals surface area contributed by atoms with Crippen LogP contribution in [0.25, 0.3) is 82.5 Å². The van der Waals surface area contributed by atoms with E-state index in [1.165, 1.54) is 78.1 Å². The van der Waals surface area contributed by atoms with Crippen LogP contribution in [0.4, 0.5) is 17.1 Å². The molecule has 0 aliphatic carbocycles. The third-order valence-electron chi connectivity index (χ3n) is 15.2. The summed E-state index contributed by atoms with van der Waals surface area (Å²) in [6, 6.07) is 92.0. The average molecular weight is 1010 g/mol. The molecule has 0 atom stereocenters. The lowest BCUT2D eigenvalue weighted by molar-refractivity contribution is 0.482. The van der Waals surface area contributed by atoms with E-state index < -0.39 is 0 Å². The number of rotatable bonds is 14. The van der Waals surface area contributed by atoms with E-state index in [1.807, 2.05) is 24.3 Å². The van der Waals surface area contributed by atoms with Gasteiger partial charge in [0.25, 0.3) is 0 Å². The number of anilines is 3. The summed E-state index contributed by atoms with van der Waals surface area (Å²) in [7, 11) is 0. The maximum Gasteiger partial charge on any atom is 0.126 e. The Morgan fingerprint density at radius 3 is 0.949 bits per heavy atom. The highest BCUT2D eigenvalue weighted by molar-refractivity contribution is 6.11. The summed E-state index contributed by atoms with van der Waals surface area (Å²) >= 11 is 0. The van der Waals surface area contributed by atoms with Crippen molar-refractivity contribution in [3.8, 4) is 28.6 Å². The summed E-state index contributed by atoms with van der Waals surface area (Å²) < 4.78 is 18.4. The van der Waals surface area contributed by atoms with Crippen molar-refractivity contribution in [2.45, 2.75) is 12.8 Å². The van der Waals surface area contributed by atoms with Crippen LogP contribution in [0, 0.1) is 0 Å². The Labute approximate surface area is 452 Å². The zero-order valence-corrected chi connectivity index (χ0v) is 42.8. The molecule has 6 nitrogen and oxygen atoms in total. The summed E-state index contributed by atoms with van der Waals surface area (Å²) in [6.45, 7) is 7.47. The van der Waals surface area contributed by atoms with Crippen molar-refractivity contribution in [1.82, 2.24) is 13.7 Å². The first-order valence-electron chi connectivity index (χ1n) is 26.4. The number of fused-ring (bicyclic) bond motifs is 9. The number of benzene rings is 11. The molecule has 0 spiro atoms. The summed E-state index contributed by atoms with van der Waals surface area (Å²) in [6.07, 6.45) is 4.52. The van der Waals surface area contributed by atoms with Gasteiger partial charge in [-0.25, -0.2) is 0 Å². The van der Waals surface area contributed by atoms with Crippen molar-refractivity contribution >= 4 is 82.5 Å². The highest BCUT2D eigenvalue weighted by Gasteiger charge is 2.19. The second-order valence-corrected chi connectivity index (χ2v) is 19.9. The molecular formula is C72H52N4O2. The monoisotopic (exact) mass is 1000 g/mol. The van der Waals surface area contributed by atoms with Crippen LogP contribution in [0.3, 0.4) is 0 Å². The van der Waals surface area contributed by atoms with E-state index in [-0.39, 0.29) is 0 Å². The van der Waals surface area contributed by atoms with Crippen LogP contribution in [0.15, 0.2) is 280 Å². The Hall–Kier alpha value is -10.3. The molecule has 14 aromatic rings. The van der Waals surface area contributed by atoms with Gasteiger partial charge >= 0.3 is 0 Å². The van der Waals surface area contributed by atoms with Gasteiger partial charge in [-0.05, 0) is 181 Å². The lowest BCUT2D eigenvalue weighted by Gasteiger charge is -2.26. The molecule has 3 heterocycles. The normalized spacial score (nSPS) is 11.5. The molecule has 78 heavy (non-hydrogen) atoms. The molecule has 0 aliphatic rings. The Kier molecular flexibility index (Phi) is 11.5. The molecule has 14 rings (SSSR count). The van der Waals surface area contributed by atoms with Gasteiger partial charge in [0, 0.05) is 66.4 Å². The first-order valence-corrected chi connectivity index (χ1v) is 26.4. The fourth-order valence-corrected chi connectivity index (χ4v) is 11.8. The molecular weight excluding hydrogens is 953 g/mol. The molecule has 372 valence electrons. The van der Waals surface area contributed by atoms with Crippen LogP contribution in [-0.2, 0) is 12.8 Å². The van der Waals surface area contributed by atoms with Crippen molar-refractivity contribution in [2.24, 2.45) is 0 Å². The topological polar surface area (TPSA) is 36.5 Å². The fraction of sp³-hybridized carbons (Fsp3) is 0.0278.